The van der Waals surface area contributed by atoms with Crippen LogP contribution in [0.1, 0.15) is 109 Å². The lowest BCUT2D eigenvalue weighted by Gasteiger charge is -2.12. The highest BCUT2D eigenvalue weighted by Gasteiger charge is 2.20. The Balaban J connectivity index is 1.43. The predicted molar refractivity (Wildman–Crippen MR) is 165 cm³/mol. The van der Waals surface area contributed by atoms with Crippen molar-refractivity contribution in [2.24, 2.45) is 0 Å². The van der Waals surface area contributed by atoms with Crippen LogP contribution in [0.2, 0.25) is 0 Å². The van der Waals surface area contributed by atoms with Crippen LogP contribution in [0.3, 0.4) is 0 Å². The van der Waals surface area contributed by atoms with Gasteiger partial charge in [-0.05, 0) is 43.2 Å². The van der Waals surface area contributed by atoms with E-state index in [0.717, 1.165) is 25.0 Å². The van der Waals surface area contributed by atoms with E-state index in [-0.39, 0.29) is 10.6 Å². The van der Waals surface area contributed by atoms with E-state index >= 15 is 0 Å². The maximum atomic E-state index is 12.2. The lowest BCUT2D eigenvalue weighted by atomic mass is 10.0. The zero-order valence-corrected chi connectivity index (χ0v) is 25.7. The number of aryl methyl sites for hydroxylation is 1. The van der Waals surface area contributed by atoms with Gasteiger partial charge < -0.3 is 9.47 Å². The number of hydrogen-bond donors (Lipinski definition) is 1. The van der Waals surface area contributed by atoms with Crippen molar-refractivity contribution in [1.29, 1.82) is 0 Å². The smallest absolute Gasteiger partial charge is 0.298 e. The van der Waals surface area contributed by atoms with E-state index in [1.807, 2.05) is 12.1 Å². The third-order valence-electron chi connectivity index (χ3n) is 7.39. The van der Waals surface area contributed by atoms with E-state index in [1.165, 1.54) is 95.6 Å². The molecule has 3 rings (SSSR count). The molecule has 8 heteroatoms. The monoisotopic (exact) mass is 584 g/mol. The quantitative estimate of drug-likeness (QED) is 0.0991. The van der Waals surface area contributed by atoms with E-state index in [0.29, 0.717) is 17.3 Å². The summed E-state index contributed by atoms with van der Waals surface area (Å²) in [7, 11) is -2.98. The molecule has 0 amide bonds. The fourth-order valence-corrected chi connectivity index (χ4v) is 5.70. The third kappa shape index (κ3) is 11.5. The lowest BCUT2D eigenvalue weighted by molar-refractivity contribution is 0.383. The van der Waals surface area contributed by atoms with E-state index < -0.39 is 10.1 Å². The highest BCUT2D eigenvalue weighted by atomic mass is 32.2. The maximum absolute atomic E-state index is 12.2. The van der Waals surface area contributed by atoms with Crippen molar-refractivity contribution in [1.82, 2.24) is 9.78 Å². The lowest BCUT2D eigenvalue weighted by Crippen LogP contribution is -2.05. The Morgan fingerprint density at radius 1 is 0.756 bits per heavy atom. The number of rotatable bonds is 21. The summed E-state index contributed by atoms with van der Waals surface area (Å²) in [5.41, 5.74) is 1.34. The second-order valence-corrected chi connectivity index (χ2v) is 12.2. The van der Waals surface area contributed by atoms with Gasteiger partial charge in [0.2, 0.25) is 5.88 Å². The minimum atomic E-state index is -4.54. The fraction of sp³-hybridized carbons (Fsp3) is 0.545. The van der Waals surface area contributed by atoms with Crippen molar-refractivity contribution in [3.8, 4) is 23.1 Å². The SMILES string of the molecule is CCCCCCCCCCCCCCCCCc1cc(OC)n(-c2ccc(Oc3ccccc3)c(S(=O)(=O)O)c2)n1. The van der Waals surface area contributed by atoms with Crippen LogP contribution < -0.4 is 9.47 Å². The van der Waals surface area contributed by atoms with Crippen LogP contribution in [-0.4, -0.2) is 29.9 Å². The second-order valence-electron chi connectivity index (χ2n) is 10.8. The van der Waals surface area contributed by atoms with Gasteiger partial charge in [-0.25, -0.2) is 4.68 Å². The Labute approximate surface area is 247 Å². The Bertz CT molecular complexity index is 1260. The molecular formula is C33H48N2O5S. The standard InChI is InChI=1S/C33H48N2O5S/c1-3-4-5-6-7-8-9-10-11-12-13-14-15-16-18-21-28-26-33(39-2)35(34-28)29-24-25-31(32(27-29)41(36,37)38)40-30-22-19-17-20-23-30/h17,19-20,22-27H,3-16,18,21H2,1-2H3,(H,36,37,38). The summed E-state index contributed by atoms with van der Waals surface area (Å²) in [6, 6.07) is 15.3. The zero-order chi connectivity index (χ0) is 29.3. The zero-order valence-electron chi connectivity index (χ0n) is 24.9. The van der Waals surface area contributed by atoms with E-state index in [4.69, 9.17) is 9.47 Å². The minimum Gasteiger partial charge on any atom is -0.481 e. The molecule has 0 unspecified atom stereocenters. The molecule has 0 aliphatic rings. The highest BCUT2D eigenvalue weighted by Crippen LogP contribution is 2.32. The van der Waals surface area contributed by atoms with E-state index in [9.17, 15) is 13.0 Å². The molecule has 1 aromatic heterocycles. The molecule has 7 nitrogen and oxygen atoms in total. The van der Waals surface area contributed by atoms with Gasteiger partial charge in [0.05, 0.1) is 18.5 Å². The molecule has 0 aliphatic heterocycles. The van der Waals surface area contributed by atoms with Crippen LogP contribution in [0.5, 0.6) is 17.4 Å². The summed E-state index contributed by atoms with van der Waals surface area (Å²) in [5, 5.41) is 4.67. The van der Waals surface area contributed by atoms with Gasteiger partial charge in [0.15, 0.2) is 0 Å². The van der Waals surface area contributed by atoms with Crippen molar-refractivity contribution >= 4 is 10.1 Å². The molecule has 3 aromatic rings. The van der Waals surface area contributed by atoms with Crippen molar-refractivity contribution < 1.29 is 22.4 Å². The Kier molecular flexibility index (Phi) is 14.2. The molecule has 1 heterocycles. The van der Waals surface area contributed by atoms with Crippen LogP contribution in [0.4, 0.5) is 0 Å². The molecule has 1 N–H and O–H groups in total. The van der Waals surface area contributed by atoms with Crippen molar-refractivity contribution in [2.75, 3.05) is 7.11 Å². The fourth-order valence-electron chi connectivity index (χ4n) is 5.07. The molecule has 0 spiro atoms. The number of unbranched alkanes of at least 4 members (excludes halogenated alkanes) is 14. The molecule has 0 aliphatic carbocycles. The molecule has 2 aromatic carbocycles. The summed E-state index contributed by atoms with van der Waals surface area (Å²) in [5.74, 6) is 0.998. The summed E-state index contributed by atoms with van der Waals surface area (Å²) < 4.78 is 47.0. The van der Waals surface area contributed by atoms with E-state index in [2.05, 4.69) is 12.0 Å². The van der Waals surface area contributed by atoms with Crippen molar-refractivity contribution in [2.45, 2.75) is 115 Å². The Morgan fingerprint density at radius 3 is 1.85 bits per heavy atom. The molecule has 0 saturated carbocycles. The van der Waals surface area contributed by atoms with Gasteiger partial charge in [0.25, 0.3) is 10.1 Å². The van der Waals surface area contributed by atoms with Crippen LogP contribution in [0.25, 0.3) is 5.69 Å². The summed E-state index contributed by atoms with van der Waals surface area (Å²) in [6.07, 6.45) is 20.7. The average molecular weight is 585 g/mol. The number of nitrogens with zero attached hydrogens (tertiary/aromatic N) is 2. The number of para-hydroxylation sites is 1. The topological polar surface area (TPSA) is 90.7 Å². The Morgan fingerprint density at radius 2 is 1.32 bits per heavy atom. The van der Waals surface area contributed by atoms with Crippen LogP contribution in [0.15, 0.2) is 59.5 Å². The van der Waals surface area contributed by atoms with Crippen LogP contribution >= 0.6 is 0 Å². The van der Waals surface area contributed by atoms with Crippen LogP contribution in [-0.2, 0) is 16.5 Å². The van der Waals surface area contributed by atoms with Gasteiger partial charge in [-0.15, -0.1) is 0 Å². The van der Waals surface area contributed by atoms with Gasteiger partial charge in [-0.1, -0.05) is 115 Å². The first kappa shape index (κ1) is 32.7. The number of ether oxygens (including phenoxy) is 2. The molecule has 0 bridgehead atoms. The number of benzene rings is 2. The van der Waals surface area contributed by atoms with E-state index in [1.54, 1.807) is 42.1 Å². The van der Waals surface area contributed by atoms with Gasteiger partial charge in [0, 0.05) is 6.07 Å². The number of hydrogen-bond acceptors (Lipinski definition) is 5. The van der Waals surface area contributed by atoms with Gasteiger partial charge in [0.1, 0.15) is 16.4 Å². The first-order valence-electron chi connectivity index (χ1n) is 15.4. The average Bonchev–Trinajstić information content (AvgIpc) is 3.38. The predicted octanol–water partition coefficient (Wildman–Crippen LogP) is 9.33. The highest BCUT2D eigenvalue weighted by molar-refractivity contribution is 7.86. The molecule has 41 heavy (non-hydrogen) atoms. The summed E-state index contributed by atoms with van der Waals surface area (Å²) in [6.45, 7) is 2.27. The molecule has 0 radical (unpaired) electrons. The second kappa shape index (κ2) is 17.9. The molecule has 226 valence electrons. The van der Waals surface area contributed by atoms with Crippen molar-refractivity contribution in [3.05, 3.63) is 60.3 Å². The first-order valence-corrected chi connectivity index (χ1v) is 16.8. The normalized spacial score (nSPS) is 11.6. The van der Waals surface area contributed by atoms with Gasteiger partial charge in [-0.2, -0.15) is 13.5 Å². The molecule has 0 saturated heterocycles. The third-order valence-corrected chi connectivity index (χ3v) is 8.27. The Hall–Kier alpha value is -2.84. The van der Waals surface area contributed by atoms with Gasteiger partial charge in [-0.3, -0.25) is 4.55 Å². The molecular weight excluding hydrogens is 536 g/mol. The molecule has 0 atom stereocenters. The van der Waals surface area contributed by atoms with Gasteiger partial charge >= 0.3 is 0 Å². The number of methoxy groups -OCH3 is 1. The van der Waals surface area contributed by atoms with Crippen molar-refractivity contribution in [3.63, 3.8) is 0 Å². The molecule has 0 fully saturated rings. The minimum absolute atomic E-state index is 0.0339. The summed E-state index contributed by atoms with van der Waals surface area (Å²) >= 11 is 0. The number of aromatic nitrogens is 2. The summed E-state index contributed by atoms with van der Waals surface area (Å²) in [4.78, 5) is -0.333. The van der Waals surface area contributed by atoms with Crippen LogP contribution in [0, 0.1) is 0 Å². The first-order chi connectivity index (χ1) is 19.9. The maximum Gasteiger partial charge on any atom is 0.298 e. The largest absolute Gasteiger partial charge is 0.481 e.